The number of carbonyl (C=O) groups excluding carboxylic acids is 2. The van der Waals surface area contributed by atoms with Crippen LogP contribution in [0.1, 0.15) is 30.7 Å². The number of rotatable bonds is 6. The van der Waals surface area contributed by atoms with Crippen molar-refractivity contribution in [3.05, 3.63) is 76.3 Å². The maximum atomic E-state index is 13.1. The standard InChI is InChI=1S/C24H27N5O3/c30-22(15-18-9-3-1-4-10-18)26-27-23(31)17-29-21(16-28-13-7-2-8-14-28)25-20-12-6-5-11-19(20)24(29)32/h1,3-6,9-12H,2,7-8,13-17H2,(H,26,30)(H,27,31). The van der Waals surface area contributed by atoms with Gasteiger partial charge >= 0.3 is 0 Å². The first kappa shape index (κ1) is 21.7. The molecule has 2 N–H and O–H groups in total. The van der Waals surface area contributed by atoms with Crippen molar-refractivity contribution in [3.63, 3.8) is 0 Å². The molecule has 8 heteroatoms. The number of para-hydroxylation sites is 1. The Kier molecular flexibility index (Phi) is 6.91. The number of fused-ring (bicyclic) bond motifs is 1. The third-order valence-corrected chi connectivity index (χ3v) is 5.60. The van der Waals surface area contributed by atoms with E-state index in [1.165, 1.54) is 11.0 Å². The van der Waals surface area contributed by atoms with Gasteiger partial charge in [0, 0.05) is 0 Å². The molecule has 1 aliphatic heterocycles. The zero-order chi connectivity index (χ0) is 22.3. The molecule has 1 aromatic heterocycles. The van der Waals surface area contributed by atoms with Gasteiger partial charge in [0.2, 0.25) is 5.91 Å². The van der Waals surface area contributed by atoms with Crippen molar-refractivity contribution in [1.29, 1.82) is 0 Å². The molecule has 1 saturated heterocycles. The molecule has 0 aliphatic carbocycles. The lowest BCUT2D eigenvalue weighted by atomic mass is 10.1. The van der Waals surface area contributed by atoms with E-state index in [-0.39, 0.29) is 24.4 Å². The quantitative estimate of drug-likeness (QED) is 0.578. The molecule has 2 aromatic carbocycles. The van der Waals surface area contributed by atoms with Crippen molar-refractivity contribution in [2.24, 2.45) is 0 Å². The van der Waals surface area contributed by atoms with Crippen molar-refractivity contribution < 1.29 is 9.59 Å². The number of piperidine rings is 1. The van der Waals surface area contributed by atoms with Gasteiger partial charge in [0.05, 0.1) is 23.9 Å². The molecule has 0 spiro atoms. The first-order chi connectivity index (χ1) is 15.6. The summed E-state index contributed by atoms with van der Waals surface area (Å²) in [5.74, 6) is -0.256. The van der Waals surface area contributed by atoms with Crippen LogP contribution in [0.15, 0.2) is 59.4 Å². The molecule has 166 valence electrons. The van der Waals surface area contributed by atoms with Crippen molar-refractivity contribution in [3.8, 4) is 0 Å². The monoisotopic (exact) mass is 433 g/mol. The molecule has 0 saturated carbocycles. The van der Waals surface area contributed by atoms with Gasteiger partial charge in [-0.1, -0.05) is 48.9 Å². The number of hydrazine groups is 1. The van der Waals surface area contributed by atoms with E-state index in [1.54, 1.807) is 12.1 Å². The molecule has 2 amide bonds. The predicted octanol–water partition coefficient (Wildman–Crippen LogP) is 1.77. The number of benzene rings is 2. The maximum absolute atomic E-state index is 13.1. The van der Waals surface area contributed by atoms with Gasteiger partial charge in [0.25, 0.3) is 11.5 Å². The average molecular weight is 434 g/mol. The SMILES string of the molecule is O=C(Cc1ccccc1)NNC(=O)Cn1c(CN2CCCCC2)nc2ccccc2c1=O. The highest BCUT2D eigenvalue weighted by Crippen LogP contribution is 2.14. The van der Waals surface area contributed by atoms with Crippen molar-refractivity contribution in [2.75, 3.05) is 13.1 Å². The minimum absolute atomic E-state index is 0.152. The third kappa shape index (κ3) is 5.39. The van der Waals surface area contributed by atoms with Crippen molar-refractivity contribution in [2.45, 2.75) is 38.8 Å². The first-order valence-electron chi connectivity index (χ1n) is 10.9. The number of aromatic nitrogens is 2. The Morgan fingerprint density at radius 2 is 1.56 bits per heavy atom. The van der Waals surface area contributed by atoms with Crippen LogP contribution in [0.5, 0.6) is 0 Å². The highest BCUT2D eigenvalue weighted by atomic mass is 16.2. The van der Waals surface area contributed by atoms with Crippen LogP contribution < -0.4 is 16.4 Å². The molecular weight excluding hydrogens is 406 g/mol. The molecule has 32 heavy (non-hydrogen) atoms. The summed E-state index contributed by atoms with van der Waals surface area (Å²) in [4.78, 5) is 44.8. The van der Waals surface area contributed by atoms with Gasteiger partial charge in [-0.3, -0.25) is 34.7 Å². The smallest absolute Gasteiger partial charge is 0.261 e. The number of nitrogens with one attached hydrogen (secondary N) is 2. The summed E-state index contributed by atoms with van der Waals surface area (Å²) < 4.78 is 1.41. The van der Waals surface area contributed by atoms with Crippen LogP contribution >= 0.6 is 0 Å². The Morgan fingerprint density at radius 3 is 2.34 bits per heavy atom. The Labute approximate surface area is 186 Å². The zero-order valence-electron chi connectivity index (χ0n) is 17.9. The number of nitrogens with zero attached hydrogens (tertiary/aromatic N) is 3. The van der Waals surface area contributed by atoms with Crippen molar-refractivity contribution >= 4 is 22.7 Å². The minimum atomic E-state index is -0.481. The molecule has 0 bridgehead atoms. The fourth-order valence-electron chi connectivity index (χ4n) is 3.96. The summed E-state index contributed by atoms with van der Waals surface area (Å²) in [6.45, 7) is 2.19. The fraction of sp³-hybridized carbons (Fsp3) is 0.333. The van der Waals surface area contributed by atoms with Crippen molar-refractivity contribution in [1.82, 2.24) is 25.3 Å². The molecule has 4 rings (SSSR count). The lowest BCUT2D eigenvalue weighted by Crippen LogP contribution is -2.45. The molecule has 2 heterocycles. The summed E-state index contributed by atoms with van der Waals surface area (Å²) in [6.07, 6.45) is 3.59. The van der Waals surface area contributed by atoms with E-state index in [0.717, 1.165) is 31.5 Å². The highest BCUT2D eigenvalue weighted by molar-refractivity contribution is 5.83. The fourth-order valence-corrected chi connectivity index (χ4v) is 3.96. The largest absolute Gasteiger partial charge is 0.296 e. The number of hydrogen-bond acceptors (Lipinski definition) is 5. The summed E-state index contributed by atoms with van der Waals surface area (Å²) in [5, 5.41) is 0.468. The molecule has 0 radical (unpaired) electrons. The van der Waals surface area contributed by atoms with Gasteiger partial charge in [0.15, 0.2) is 0 Å². The lowest BCUT2D eigenvalue weighted by molar-refractivity contribution is -0.129. The van der Waals surface area contributed by atoms with E-state index in [0.29, 0.717) is 23.3 Å². The van der Waals surface area contributed by atoms with E-state index in [1.807, 2.05) is 42.5 Å². The van der Waals surface area contributed by atoms with Crippen LogP contribution in [-0.2, 0) is 29.1 Å². The lowest BCUT2D eigenvalue weighted by Gasteiger charge is -2.27. The van der Waals surface area contributed by atoms with Crippen LogP contribution in [0.2, 0.25) is 0 Å². The normalized spacial score (nSPS) is 14.2. The van der Waals surface area contributed by atoms with Gasteiger partial charge in [-0.25, -0.2) is 4.98 Å². The van der Waals surface area contributed by atoms with Crippen LogP contribution in [-0.4, -0.2) is 39.4 Å². The van der Waals surface area contributed by atoms with Gasteiger partial charge in [0.1, 0.15) is 12.4 Å². The zero-order valence-corrected chi connectivity index (χ0v) is 17.9. The van der Waals surface area contributed by atoms with E-state index in [2.05, 4.69) is 20.7 Å². The van der Waals surface area contributed by atoms with E-state index in [4.69, 9.17) is 0 Å². The summed E-state index contributed by atoms with van der Waals surface area (Å²) in [5.41, 5.74) is 6.05. The number of carbonyl (C=O) groups is 2. The van der Waals surface area contributed by atoms with Gasteiger partial charge in [-0.15, -0.1) is 0 Å². The number of amides is 2. The highest BCUT2D eigenvalue weighted by Gasteiger charge is 2.18. The summed E-state index contributed by atoms with van der Waals surface area (Å²) in [7, 11) is 0. The number of likely N-dealkylation sites (tertiary alicyclic amines) is 1. The van der Waals surface area contributed by atoms with E-state index in [9.17, 15) is 14.4 Å². The number of hydrogen-bond donors (Lipinski definition) is 2. The Bertz CT molecular complexity index is 1150. The van der Waals surface area contributed by atoms with Gasteiger partial charge in [-0.2, -0.15) is 0 Å². The second-order valence-electron chi connectivity index (χ2n) is 8.03. The molecule has 1 aliphatic rings. The Balaban J connectivity index is 1.48. The second kappa shape index (κ2) is 10.2. The third-order valence-electron chi connectivity index (χ3n) is 5.60. The summed E-state index contributed by atoms with van der Waals surface area (Å²) in [6, 6.07) is 16.4. The average Bonchev–Trinajstić information content (AvgIpc) is 2.81. The molecule has 8 nitrogen and oxygen atoms in total. The van der Waals surface area contributed by atoms with Crippen LogP contribution in [0.4, 0.5) is 0 Å². The first-order valence-corrected chi connectivity index (χ1v) is 10.9. The maximum Gasteiger partial charge on any atom is 0.261 e. The molecular formula is C24H27N5O3. The molecule has 0 atom stereocenters. The predicted molar refractivity (Wildman–Crippen MR) is 122 cm³/mol. The van der Waals surface area contributed by atoms with Crippen LogP contribution in [0.3, 0.4) is 0 Å². The molecule has 3 aromatic rings. The topological polar surface area (TPSA) is 96.3 Å². The van der Waals surface area contributed by atoms with E-state index >= 15 is 0 Å². The second-order valence-corrected chi connectivity index (χ2v) is 8.03. The Morgan fingerprint density at radius 1 is 0.875 bits per heavy atom. The molecule has 1 fully saturated rings. The van der Waals surface area contributed by atoms with Crippen LogP contribution in [0, 0.1) is 0 Å². The van der Waals surface area contributed by atoms with Gasteiger partial charge < -0.3 is 0 Å². The van der Waals surface area contributed by atoms with Gasteiger partial charge in [-0.05, 0) is 43.6 Å². The molecule has 0 unspecified atom stereocenters. The summed E-state index contributed by atoms with van der Waals surface area (Å²) >= 11 is 0. The minimum Gasteiger partial charge on any atom is -0.296 e. The van der Waals surface area contributed by atoms with Crippen LogP contribution in [0.25, 0.3) is 10.9 Å². The Hall–Kier alpha value is -3.52. The van der Waals surface area contributed by atoms with E-state index < -0.39 is 5.91 Å².